The van der Waals surface area contributed by atoms with E-state index in [0.29, 0.717) is 11.5 Å². The minimum atomic E-state index is -0.787. The van der Waals surface area contributed by atoms with E-state index in [-0.39, 0.29) is 6.04 Å². The van der Waals surface area contributed by atoms with Gasteiger partial charge >= 0.3 is 0 Å². The van der Waals surface area contributed by atoms with Crippen LogP contribution in [0.5, 0.6) is 0 Å². The smallest absolute Gasteiger partial charge is 0.163 e. The molecule has 1 aromatic carbocycles. The van der Waals surface area contributed by atoms with Gasteiger partial charge in [0.2, 0.25) is 0 Å². The van der Waals surface area contributed by atoms with Crippen LogP contribution in [0.25, 0.3) is 0 Å². The van der Waals surface area contributed by atoms with Crippen molar-refractivity contribution in [3.63, 3.8) is 0 Å². The van der Waals surface area contributed by atoms with Crippen LogP contribution < -0.4 is 5.32 Å². The molecule has 4 heteroatoms. The monoisotopic (exact) mass is 255 g/mol. The Morgan fingerprint density at radius 3 is 3.00 bits per heavy atom. The molecule has 0 bridgehead atoms. The summed E-state index contributed by atoms with van der Waals surface area (Å²) < 4.78 is 31.9. The third-order valence-corrected chi connectivity index (χ3v) is 3.48. The molecule has 1 aliphatic rings. The number of rotatable bonds is 5. The molecule has 2 nitrogen and oxygen atoms in total. The SMILES string of the molecule is CC(NCCC1CCOC1)c1cccc(F)c1F. The second-order valence-corrected chi connectivity index (χ2v) is 4.84. The predicted molar refractivity (Wildman–Crippen MR) is 66.3 cm³/mol. The van der Waals surface area contributed by atoms with Crippen molar-refractivity contribution < 1.29 is 13.5 Å². The number of hydrogen-bond acceptors (Lipinski definition) is 2. The van der Waals surface area contributed by atoms with Gasteiger partial charge in [0.1, 0.15) is 0 Å². The molecule has 0 radical (unpaired) electrons. The molecule has 100 valence electrons. The first-order valence-electron chi connectivity index (χ1n) is 6.43. The molecule has 1 aliphatic heterocycles. The zero-order valence-electron chi connectivity index (χ0n) is 10.6. The lowest BCUT2D eigenvalue weighted by atomic mass is 10.0. The number of benzene rings is 1. The number of hydrogen-bond donors (Lipinski definition) is 1. The second kappa shape index (κ2) is 6.25. The van der Waals surface area contributed by atoms with Gasteiger partial charge < -0.3 is 10.1 Å². The molecular weight excluding hydrogens is 236 g/mol. The summed E-state index contributed by atoms with van der Waals surface area (Å²) in [6, 6.07) is 4.12. The van der Waals surface area contributed by atoms with Crippen LogP contribution in [0.2, 0.25) is 0 Å². The fourth-order valence-corrected chi connectivity index (χ4v) is 2.28. The van der Waals surface area contributed by atoms with Crippen molar-refractivity contribution >= 4 is 0 Å². The highest BCUT2D eigenvalue weighted by Crippen LogP contribution is 2.20. The van der Waals surface area contributed by atoms with Gasteiger partial charge in [-0.1, -0.05) is 12.1 Å². The summed E-state index contributed by atoms with van der Waals surface area (Å²) >= 11 is 0. The first-order valence-corrected chi connectivity index (χ1v) is 6.43. The Labute approximate surface area is 106 Å². The van der Waals surface area contributed by atoms with Gasteiger partial charge in [-0.3, -0.25) is 0 Å². The summed E-state index contributed by atoms with van der Waals surface area (Å²) in [4.78, 5) is 0. The standard InChI is InChI=1S/C14H19F2NO/c1-10(12-3-2-4-13(15)14(12)16)17-7-5-11-6-8-18-9-11/h2-4,10-11,17H,5-9H2,1H3. The molecule has 0 amide bonds. The highest BCUT2D eigenvalue weighted by Gasteiger charge is 2.17. The van der Waals surface area contributed by atoms with Crippen molar-refractivity contribution in [1.29, 1.82) is 0 Å². The highest BCUT2D eigenvalue weighted by molar-refractivity contribution is 5.21. The van der Waals surface area contributed by atoms with Gasteiger partial charge in [-0.2, -0.15) is 0 Å². The van der Waals surface area contributed by atoms with Crippen LogP contribution in [-0.4, -0.2) is 19.8 Å². The van der Waals surface area contributed by atoms with E-state index in [9.17, 15) is 8.78 Å². The zero-order chi connectivity index (χ0) is 13.0. The van der Waals surface area contributed by atoms with Crippen LogP contribution in [0.4, 0.5) is 8.78 Å². The summed E-state index contributed by atoms with van der Waals surface area (Å²) in [5, 5.41) is 3.23. The van der Waals surface area contributed by atoms with E-state index < -0.39 is 11.6 Å². The number of ether oxygens (including phenoxy) is 1. The Balaban J connectivity index is 1.83. The Kier molecular flexibility index (Phi) is 4.66. The van der Waals surface area contributed by atoms with E-state index >= 15 is 0 Å². The molecular formula is C14H19F2NO. The van der Waals surface area contributed by atoms with Crippen LogP contribution in [0.1, 0.15) is 31.4 Å². The summed E-state index contributed by atoms with van der Waals surface area (Å²) in [6.07, 6.45) is 2.12. The summed E-state index contributed by atoms with van der Waals surface area (Å²) in [5.41, 5.74) is 0.387. The first-order chi connectivity index (χ1) is 8.68. The minimum absolute atomic E-state index is 0.178. The van der Waals surface area contributed by atoms with Crippen molar-refractivity contribution in [3.8, 4) is 0 Å². The molecule has 0 spiro atoms. The molecule has 2 rings (SSSR count). The molecule has 2 atom stereocenters. The van der Waals surface area contributed by atoms with Gasteiger partial charge in [0.25, 0.3) is 0 Å². The largest absolute Gasteiger partial charge is 0.381 e. The Morgan fingerprint density at radius 2 is 2.28 bits per heavy atom. The van der Waals surface area contributed by atoms with Crippen LogP contribution in [-0.2, 0) is 4.74 Å². The number of halogens is 2. The van der Waals surface area contributed by atoms with Crippen LogP contribution in [0.15, 0.2) is 18.2 Å². The van der Waals surface area contributed by atoms with Crippen LogP contribution in [0, 0.1) is 17.6 Å². The van der Waals surface area contributed by atoms with Crippen LogP contribution >= 0.6 is 0 Å². The normalized spacial score (nSPS) is 21.2. The lowest BCUT2D eigenvalue weighted by molar-refractivity contribution is 0.184. The predicted octanol–water partition coefficient (Wildman–Crippen LogP) is 3.04. The van der Waals surface area contributed by atoms with Crippen molar-refractivity contribution in [2.45, 2.75) is 25.8 Å². The Bertz CT molecular complexity index is 391. The minimum Gasteiger partial charge on any atom is -0.381 e. The molecule has 1 N–H and O–H groups in total. The molecule has 2 unspecified atom stereocenters. The quantitative estimate of drug-likeness (QED) is 0.873. The average molecular weight is 255 g/mol. The van der Waals surface area contributed by atoms with Gasteiger partial charge in [-0.15, -0.1) is 0 Å². The lowest BCUT2D eigenvalue weighted by Crippen LogP contribution is -2.23. The van der Waals surface area contributed by atoms with E-state index in [2.05, 4.69) is 5.32 Å². The van der Waals surface area contributed by atoms with Crippen molar-refractivity contribution in [3.05, 3.63) is 35.4 Å². The molecule has 18 heavy (non-hydrogen) atoms. The topological polar surface area (TPSA) is 21.3 Å². The third-order valence-electron chi connectivity index (χ3n) is 3.48. The van der Waals surface area contributed by atoms with Crippen LogP contribution in [0.3, 0.4) is 0 Å². The third kappa shape index (κ3) is 3.27. The van der Waals surface area contributed by atoms with Gasteiger partial charge in [0.15, 0.2) is 11.6 Å². The Morgan fingerprint density at radius 1 is 1.44 bits per heavy atom. The average Bonchev–Trinajstić information content (AvgIpc) is 2.85. The highest BCUT2D eigenvalue weighted by atomic mass is 19.2. The van der Waals surface area contributed by atoms with Gasteiger partial charge in [-0.05, 0) is 38.3 Å². The Hall–Kier alpha value is -1.00. The van der Waals surface area contributed by atoms with Crippen molar-refractivity contribution in [2.24, 2.45) is 5.92 Å². The van der Waals surface area contributed by atoms with E-state index in [1.54, 1.807) is 6.07 Å². The zero-order valence-corrected chi connectivity index (χ0v) is 10.6. The van der Waals surface area contributed by atoms with E-state index in [0.717, 1.165) is 38.7 Å². The van der Waals surface area contributed by atoms with Crippen molar-refractivity contribution in [2.75, 3.05) is 19.8 Å². The van der Waals surface area contributed by atoms with Gasteiger partial charge in [0.05, 0.1) is 0 Å². The molecule has 1 aromatic rings. The summed E-state index contributed by atoms with van der Waals surface area (Å²) in [6.45, 7) is 4.32. The molecule has 0 saturated carbocycles. The van der Waals surface area contributed by atoms with Gasteiger partial charge in [0, 0.05) is 24.8 Å². The fourth-order valence-electron chi connectivity index (χ4n) is 2.28. The maximum atomic E-state index is 13.5. The molecule has 0 aromatic heterocycles. The molecule has 1 heterocycles. The molecule has 0 aliphatic carbocycles. The van der Waals surface area contributed by atoms with Gasteiger partial charge in [-0.25, -0.2) is 8.78 Å². The molecule has 1 saturated heterocycles. The number of nitrogens with one attached hydrogen (secondary N) is 1. The van der Waals surface area contributed by atoms with E-state index in [1.165, 1.54) is 6.07 Å². The summed E-state index contributed by atoms with van der Waals surface area (Å²) in [7, 11) is 0. The molecule has 1 fully saturated rings. The fraction of sp³-hybridized carbons (Fsp3) is 0.571. The maximum Gasteiger partial charge on any atom is 0.163 e. The lowest BCUT2D eigenvalue weighted by Gasteiger charge is -2.16. The summed E-state index contributed by atoms with van der Waals surface area (Å²) in [5.74, 6) is -0.936. The maximum absolute atomic E-state index is 13.5. The first kappa shape index (κ1) is 13.4. The second-order valence-electron chi connectivity index (χ2n) is 4.84. The van der Waals surface area contributed by atoms with E-state index in [4.69, 9.17) is 4.74 Å². The van der Waals surface area contributed by atoms with E-state index in [1.807, 2.05) is 6.92 Å². The van der Waals surface area contributed by atoms with Crippen molar-refractivity contribution in [1.82, 2.24) is 5.32 Å².